The van der Waals surface area contributed by atoms with Crippen LogP contribution in [-0.2, 0) is 6.42 Å². The number of hydrogen-bond donors (Lipinski definition) is 2. The lowest BCUT2D eigenvalue weighted by Gasteiger charge is -2.11. The zero-order valence-electron chi connectivity index (χ0n) is 20.0. The molecule has 174 valence electrons. The minimum absolute atomic E-state index is 0.311. The van der Waals surface area contributed by atoms with Gasteiger partial charge in [-0.1, -0.05) is 19.1 Å². The van der Waals surface area contributed by atoms with Gasteiger partial charge in [-0.05, 0) is 81.6 Å². The molecular weight excluding hydrogens is 428 g/mol. The minimum atomic E-state index is -0.311. The first-order valence-electron chi connectivity index (χ1n) is 11.2. The second kappa shape index (κ2) is 9.74. The summed E-state index contributed by atoms with van der Waals surface area (Å²) in [4.78, 5) is 21.2. The normalized spacial score (nSPS) is 10.7. The third-order valence-corrected chi connectivity index (χ3v) is 5.63. The van der Waals surface area contributed by atoms with Crippen molar-refractivity contribution in [1.29, 1.82) is 0 Å². The number of aromatic nitrogens is 4. The van der Waals surface area contributed by atoms with E-state index in [0.717, 1.165) is 29.1 Å². The van der Waals surface area contributed by atoms with Crippen molar-refractivity contribution in [3.63, 3.8) is 0 Å². The largest absolute Gasteiger partial charge is 0.439 e. The molecule has 2 aromatic heterocycles. The van der Waals surface area contributed by atoms with Crippen molar-refractivity contribution in [2.24, 2.45) is 0 Å². The van der Waals surface area contributed by atoms with Crippen molar-refractivity contribution in [1.82, 2.24) is 19.7 Å². The molecule has 2 heterocycles. The van der Waals surface area contributed by atoms with Crippen LogP contribution in [0, 0.1) is 27.7 Å². The fourth-order valence-corrected chi connectivity index (χ4v) is 3.47. The number of carbonyl (C=O) groups is 1. The average molecular weight is 457 g/mol. The van der Waals surface area contributed by atoms with Gasteiger partial charge >= 0.3 is 6.03 Å². The highest BCUT2D eigenvalue weighted by atomic mass is 16.5. The topological polar surface area (TPSA) is 94.0 Å². The Morgan fingerprint density at radius 3 is 2.09 bits per heavy atom. The van der Waals surface area contributed by atoms with E-state index in [9.17, 15) is 4.79 Å². The lowest BCUT2D eigenvalue weighted by molar-refractivity contribution is 0.262. The van der Waals surface area contributed by atoms with Crippen LogP contribution in [0.3, 0.4) is 0 Å². The van der Waals surface area contributed by atoms with Crippen LogP contribution in [0.4, 0.5) is 16.2 Å². The third-order valence-electron chi connectivity index (χ3n) is 5.63. The lowest BCUT2D eigenvalue weighted by Crippen LogP contribution is -2.19. The predicted molar refractivity (Wildman–Crippen MR) is 133 cm³/mol. The summed E-state index contributed by atoms with van der Waals surface area (Å²) >= 11 is 0. The maximum Gasteiger partial charge on any atom is 0.323 e. The van der Waals surface area contributed by atoms with E-state index in [-0.39, 0.29) is 6.03 Å². The Kier molecular flexibility index (Phi) is 6.58. The molecule has 2 N–H and O–H groups in total. The van der Waals surface area contributed by atoms with E-state index < -0.39 is 0 Å². The Bertz CT molecular complexity index is 1310. The molecule has 0 aliphatic rings. The van der Waals surface area contributed by atoms with Gasteiger partial charge in [0.1, 0.15) is 11.6 Å². The summed E-state index contributed by atoms with van der Waals surface area (Å²) in [6, 6.07) is 16.3. The number of ether oxygens (including phenoxy) is 1. The minimum Gasteiger partial charge on any atom is -0.439 e. The molecule has 0 spiro atoms. The number of carbonyl (C=O) groups excluding carboxylic acids is 1. The Labute approximate surface area is 199 Å². The number of amides is 2. The van der Waals surface area contributed by atoms with E-state index >= 15 is 0 Å². The number of rotatable bonds is 6. The molecule has 8 heteroatoms. The second-order valence-corrected chi connectivity index (χ2v) is 8.08. The maximum absolute atomic E-state index is 12.3. The fraction of sp³-hybridized carbons (Fsp3) is 0.231. The monoisotopic (exact) mass is 456 g/mol. The van der Waals surface area contributed by atoms with Crippen molar-refractivity contribution in [2.75, 3.05) is 10.6 Å². The number of benzene rings is 2. The van der Waals surface area contributed by atoms with Gasteiger partial charge in [0.2, 0.25) is 5.88 Å². The zero-order chi connectivity index (χ0) is 24.2. The van der Waals surface area contributed by atoms with E-state index in [4.69, 9.17) is 4.74 Å². The van der Waals surface area contributed by atoms with E-state index in [1.807, 2.05) is 52.0 Å². The number of nitrogens with one attached hydrogen (secondary N) is 2. The molecule has 0 saturated carbocycles. The van der Waals surface area contributed by atoms with Crippen LogP contribution < -0.4 is 15.4 Å². The lowest BCUT2D eigenvalue weighted by atomic mass is 10.1. The van der Waals surface area contributed by atoms with Crippen LogP contribution in [0.5, 0.6) is 11.6 Å². The van der Waals surface area contributed by atoms with Crippen molar-refractivity contribution in [2.45, 2.75) is 41.0 Å². The molecule has 0 bridgehead atoms. The average Bonchev–Trinajstić information content (AvgIpc) is 3.08. The summed E-state index contributed by atoms with van der Waals surface area (Å²) in [6.07, 6.45) is 0.957. The summed E-state index contributed by atoms with van der Waals surface area (Å²) in [5, 5.41) is 10.2. The first-order chi connectivity index (χ1) is 16.3. The van der Waals surface area contributed by atoms with Gasteiger partial charge in [-0.25, -0.2) is 14.5 Å². The van der Waals surface area contributed by atoms with Gasteiger partial charge < -0.3 is 15.4 Å². The standard InChI is InChI=1S/C26H28N6O2/c1-6-20-7-9-21(10-8-20)29-26(33)30-22-11-13-23(14-12-22)34-25-15-24(27-19(5)28-25)32-18(4)16(2)17(3)31-32/h7-15H,6H2,1-5H3,(H2,29,30,33). The summed E-state index contributed by atoms with van der Waals surface area (Å²) in [5.74, 6) is 2.24. The molecule has 8 nitrogen and oxygen atoms in total. The molecule has 0 atom stereocenters. The van der Waals surface area contributed by atoms with E-state index in [2.05, 4.69) is 32.6 Å². The number of aryl methyl sites for hydroxylation is 3. The van der Waals surface area contributed by atoms with E-state index in [1.165, 1.54) is 5.56 Å². The van der Waals surface area contributed by atoms with Crippen LogP contribution in [-0.4, -0.2) is 25.8 Å². The molecule has 4 rings (SSSR count). The van der Waals surface area contributed by atoms with Gasteiger partial charge in [0, 0.05) is 23.1 Å². The smallest absolute Gasteiger partial charge is 0.323 e. The molecule has 0 saturated heterocycles. The molecule has 34 heavy (non-hydrogen) atoms. The van der Waals surface area contributed by atoms with Crippen LogP contribution in [0.2, 0.25) is 0 Å². The number of nitrogens with zero attached hydrogens (tertiary/aromatic N) is 4. The summed E-state index contributed by atoms with van der Waals surface area (Å²) < 4.78 is 7.75. The highest BCUT2D eigenvalue weighted by Crippen LogP contribution is 2.24. The zero-order valence-corrected chi connectivity index (χ0v) is 20.0. The van der Waals surface area contributed by atoms with Crippen molar-refractivity contribution < 1.29 is 9.53 Å². The Balaban J connectivity index is 1.42. The van der Waals surface area contributed by atoms with Gasteiger partial charge in [0.05, 0.1) is 5.69 Å². The van der Waals surface area contributed by atoms with Crippen molar-refractivity contribution in [3.05, 3.63) is 82.9 Å². The van der Waals surface area contributed by atoms with E-state index in [0.29, 0.717) is 29.0 Å². The van der Waals surface area contributed by atoms with Gasteiger partial charge in [0.15, 0.2) is 5.82 Å². The SMILES string of the molecule is CCc1ccc(NC(=O)Nc2ccc(Oc3cc(-n4nc(C)c(C)c4C)nc(C)n3)cc2)cc1. The van der Waals surface area contributed by atoms with Crippen LogP contribution in [0.1, 0.15) is 35.3 Å². The molecule has 0 aliphatic heterocycles. The third kappa shape index (κ3) is 5.23. The van der Waals surface area contributed by atoms with Gasteiger partial charge in [-0.15, -0.1) is 0 Å². The molecule has 0 fully saturated rings. The maximum atomic E-state index is 12.3. The molecule has 0 radical (unpaired) electrons. The predicted octanol–water partition coefficient (Wildman–Crippen LogP) is 5.89. The van der Waals surface area contributed by atoms with Crippen molar-refractivity contribution in [3.8, 4) is 17.4 Å². The molecule has 0 aliphatic carbocycles. The van der Waals surface area contributed by atoms with Crippen LogP contribution in [0.25, 0.3) is 5.82 Å². The Morgan fingerprint density at radius 2 is 1.53 bits per heavy atom. The van der Waals surface area contributed by atoms with Crippen molar-refractivity contribution >= 4 is 17.4 Å². The first-order valence-corrected chi connectivity index (χ1v) is 11.2. The number of urea groups is 1. The first kappa shape index (κ1) is 23.0. The molecule has 2 amide bonds. The quantitative estimate of drug-likeness (QED) is 0.377. The highest BCUT2D eigenvalue weighted by molar-refractivity contribution is 5.99. The molecule has 2 aromatic carbocycles. The number of anilines is 2. The second-order valence-electron chi connectivity index (χ2n) is 8.08. The Morgan fingerprint density at radius 1 is 0.912 bits per heavy atom. The molecule has 4 aromatic rings. The summed E-state index contributed by atoms with van der Waals surface area (Å²) in [5.41, 5.74) is 5.72. The number of hydrogen-bond acceptors (Lipinski definition) is 5. The summed E-state index contributed by atoms with van der Waals surface area (Å²) in [6.45, 7) is 9.93. The van der Waals surface area contributed by atoms with E-state index in [1.54, 1.807) is 35.0 Å². The van der Waals surface area contributed by atoms with Gasteiger partial charge in [-0.2, -0.15) is 10.1 Å². The summed E-state index contributed by atoms with van der Waals surface area (Å²) in [7, 11) is 0. The molecular formula is C26H28N6O2. The van der Waals surface area contributed by atoms with Gasteiger partial charge in [-0.3, -0.25) is 0 Å². The Hall–Kier alpha value is -4.20. The van der Waals surface area contributed by atoms with Crippen LogP contribution in [0.15, 0.2) is 54.6 Å². The highest BCUT2D eigenvalue weighted by Gasteiger charge is 2.13. The van der Waals surface area contributed by atoms with Crippen LogP contribution >= 0.6 is 0 Å². The van der Waals surface area contributed by atoms with Gasteiger partial charge in [0.25, 0.3) is 0 Å². The fourth-order valence-electron chi connectivity index (χ4n) is 3.47. The molecule has 0 unspecified atom stereocenters.